The zero-order valence-electron chi connectivity index (χ0n) is 21.4. The summed E-state index contributed by atoms with van der Waals surface area (Å²) in [6.45, 7) is 7.44. The smallest absolute Gasteiger partial charge is 0.268 e. The lowest BCUT2D eigenvalue weighted by molar-refractivity contribution is -0.122. The summed E-state index contributed by atoms with van der Waals surface area (Å²) in [6, 6.07) is 19.5. The third-order valence-electron chi connectivity index (χ3n) is 7.27. The minimum absolute atomic E-state index is 0.00857. The summed E-state index contributed by atoms with van der Waals surface area (Å²) in [7, 11) is 2.14. The molecule has 0 radical (unpaired) electrons. The average molecular weight is 520 g/mol. The van der Waals surface area contributed by atoms with E-state index in [1.807, 2.05) is 60.7 Å². The van der Waals surface area contributed by atoms with Crippen LogP contribution in [0.2, 0.25) is 5.02 Å². The van der Waals surface area contributed by atoms with Crippen LogP contribution in [0.25, 0.3) is 22.4 Å². The number of fused-ring (bicyclic) bond motifs is 1. The molecule has 2 atom stereocenters. The minimum Gasteiger partial charge on any atom is -0.352 e. The molecule has 0 bridgehead atoms. The monoisotopic (exact) mass is 519 g/mol. The van der Waals surface area contributed by atoms with Crippen molar-refractivity contribution in [1.82, 2.24) is 25.0 Å². The fourth-order valence-corrected chi connectivity index (χ4v) is 5.60. The summed E-state index contributed by atoms with van der Waals surface area (Å²) in [5.41, 5.74) is 4.34. The molecular weight excluding hydrogens is 486 g/mol. The number of carbonyl (C=O) groups is 2. The van der Waals surface area contributed by atoms with E-state index in [0.29, 0.717) is 17.3 Å². The number of carbonyl (C=O) groups excluding carboxylic acids is 2. The van der Waals surface area contributed by atoms with Crippen molar-refractivity contribution in [2.75, 3.05) is 46.3 Å². The quantitative estimate of drug-likeness (QED) is 0.497. The number of likely N-dealkylation sites (N-methyl/N-ethyl adjacent to an activating group) is 1. The van der Waals surface area contributed by atoms with E-state index in [0.717, 1.165) is 55.1 Å². The maximum Gasteiger partial charge on any atom is 0.268 e. The van der Waals surface area contributed by atoms with Crippen LogP contribution in [-0.4, -0.2) is 78.5 Å². The van der Waals surface area contributed by atoms with Crippen LogP contribution in [0.1, 0.15) is 29.9 Å². The van der Waals surface area contributed by atoms with Gasteiger partial charge in [-0.3, -0.25) is 14.5 Å². The molecule has 194 valence electrons. The van der Waals surface area contributed by atoms with Gasteiger partial charge >= 0.3 is 0 Å². The van der Waals surface area contributed by atoms with Gasteiger partial charge in [-0.05, 0) is 43.3 Å². The molecule has 0 spiro atoms. The molecule has 37 heavy (non-hydrogen) atoms. The molecule has 1 aromatic heterocycles. The lowest BCUT2D eigenvalue weighted by Crippen LogP contribution is -2.50. The molecule has 1 fully saturated rings. The molecule has 0 saturated carbocycles. The van der Waals surface area contributed by atoms with Crippen molar-refractivity contribution in [1.29, 1.82) is 0 Å². The van der Waals surface area contributed by atoms with Gasteiger partial charge in [-0.2, -0.15) is 0 Å². The van der Waals surface area contributed by atoms with Crippen LogP contribution in [0.3, 0.4) is 0 Å². The van der Waals surface area contributed by atoms with Crippen molar-refractivity contribution in [2.45, 2.75) is 25.4 Å². The summed E-state index contributed by atoms with van der Waals surface area (Å²) in [5, 5.41) is 6.82. The number of nitrogens with zero attached hydrogens (tertiary/aromatic N) is 3. The van der Waals surface area contributed by atoms with Crippen molar-refractivity contribution in [3.63, 3.8) is 0 Å². The average Bonchev–Trinajstić information content (AvgIpc) is 3.29. The number of hydrogen-bond donors (Lipinski definition) is 2. The number of rotatable bonds is 7. The first-order chi connectivity index (χ1) is 17.9. The van der Waals surface area contributed by atoms with Gasteiger partial charge in [0.05, 0.1) is 11.7 Å². The summed E-state index contributed by atoms with van der Waals surface area (Å²) in [4.78, 5) is 30.9. The van der Waals surface area contributed by atoms with E-state index in [4.69, 9.17) is 11.6 Å². The molecule has 1 saturated heterocycles. The summed E-state index contributed by atoms with van der Waals surface area (Å²) in [6.07, 6.45) is 0.282. The van der Waals surface area contributed by atoms with E-state index in [9.17, 15) is 9.59 Å². The largest absolute Gasteiger partial charge is 0.352 e. The minimum atomic E-state index is -0.202. The molecule has 8 heteroatoms. The zero-order valence-corrected chi connectivity index (χ0v) is 22.2. The molecule has 2 N–H and O–H groups in total. The Balaban J connectivity index is 1.42. The molecule has 3 heterocycles. The predicted molar refractivity (Wildman–Crippen MR) is 148 cm³/mol. The maximum absolute atomic E-state index is 13.2. The van der Waals surface area contributed by atoms with Gasteiger partial charge in [-0.15, -0.1) is 0 Å². The third-order valence-corrected chi connectivity index (χ3v) is 7.51. The molecule has 2 aliphatic rings. The fourth-order valence-electron chi connectivity index (χ4n) is 5.41. The summed E-state index contributed by atoms with van der Waals surface area (Å²) in [5.74, 6) is -0.142. The normalized spacial score (nSPS) is 19.2. The highest BCUT2D eigenvalue weighted by atomic mass is 35.5. The molecule has 0 aliphatic carbocycles. The highest BCUT2D eigenvalue weighted by molar-refractivity contribution is 6.30. The van der Waals surface area contributed by atoms with Crippen LogP contribution in [0.15, 0.2) is 60.7 Å². The predicted octanol–water partition coefficient (Wildman–Crippen LogP) is 3.90. The highest BCUT2D eigenvalue weighted by Crippen LogP contribution is 2.39. The van der Waals surface area contributed by atoms with Crippen LogP contribution >= 0.6 is 11.6 Å². The van der Waals surface area contributed by atoms with Crippen molar-refractivity contribution in [3.05, 3.63) is 71.4 Å². The highest BCUT2D eigenvalue weighted by Gasteiger charge is 2.32. The Morgan fingerprint density at radius 1 is 1.05 bits per heavy atom. The van der Waals surface area contributed by atoms with Crippen LogP contribution < -0.4 is 10.6 Å². The molecule has 0 unspecified atom stereocenters. The van der Waals surface area contributed by atoms with Crippen LogP contribution in [0.4, 0.5) is 0 Å². The molecule has 2 aromatic carbocycles. The van der Waals surface area contributed by atoms with Gasteiger partial charge in [0.1, 0.15) is 5.69 Å². The standard InChI is InChI=1S/C29H34ClN5O2/c1-20(19-34-13-11-33(2)12-14-34)32-27(36)16-24-18-31-29(37)26-17-25(22-9-6-10-23(30)15-22)28(35(24)26)21-7-4-3-5-8-21/h3-10,15,17,20,24H,11-14,16,18-19H2,1-2H3,(H,31,37)(H,32,36)/t20-,24-/m0/s1. The first-order valence-electron chi connectivity index (χ1n) is 12.9. The second-order valence-electron chi connectivity index (χ2n) is 10.2. The second kappa shape index (κ2) is 11.1. The van der Waals surface area contributed by atoms with E-state index in [-0.39, 0.29) is 30.3 Å². The topological polar surface area (TPSA) is 69.6 Å². The Labute approximate surface area is 223 Å². The van der Waals surface area contributed by atoms with E-state index >= 15 is 0 Å². The van der Waals surface area contributed by atoms with E-state index in [1.54, 1.807) is 0 Å². The Bertz CT molecular complexity index is 1270. The number of amides is 2. The summed E-state index contributed by atoms with van der Waals surface area (Å²) < 4.78 is 2.05. The van der Waals surface area contributed by atoms with Gasteiger partial charge in [-0.1, -0.05) is 54.1 Å². The summed E-state index contributed by atoms with van der Waals surface area (Å²) >= 11 is 6.33. The van der Waals surface area contributed by atoms with Crippen LogP contribution in [0.5, 0.6) is 0 Å². The first-order valence-corrected chi connectivity index (χ1v) is 13.3. The Morgan fingerprint density at radius 3 is 2.51 bits per heavy atom. The van der Waals surface area contributed by atoms with Crippen molar-refractivity contribution in [3.8, 4) is 22.4 Å². The number of aromatic nitrogens is 1. The van der Waals surface area contributed by atoms with E-state index in [1.165, 1.54) is 0 Å². The molecule has 3 aromatic rings. The number of nitrogens with one attached hydrogen (secondary N) is 2. The number of halogens is 1. The fraction of sp³-hybridized carbons (Fsp3) is 0.379. The molecule has 5 rings (SSSR count). The van der Waals surface area contributed by atoms with E-state index < -0.39 is 0 Å². The Hall–Kier alpha value is -3.13. The van der Waals surface area contributed by atoms with Crippen LogP contribution in [0, 0.1) is 0 Å². The number of piperazine rings is 1. The molecule has 7 nitrogen and oxygen atoms in total. The number of benzene rings is 2. The molecular formula is C29H34ClN5O2. The van der Waals surface area contributed by atoms with Gasteiger partial charge < -0.3 is 20.1 Å². The Morgan fingerprint density at radius 2 is 1.78 bits per heavy atom. The van der Waals surface area contributed by atoms with Crippen molar-refractivity contribution >= 4 is 23.4 Å². The Kier molecular flexibility index (Phi) is 7.65. The van der Waals surface area contributed by atoms with Crippen molar-refractivity contribution in [2.24, 2.45) is 0 Å². The van der Waals surface area contributed by atoms with Crippen molar-refractivity contribution < 1.29 is 9.59 Å². The second-order valence-corrected chi connectivity index (χ2v) is 10.6. The molecule has 2 aliphatic heterocycles. The van der Waals surface area contributed by atoms with Gasteiger partial charge in [0.15, 0.2) is 0 Å². The van der Waals surface area contributed by atoms with Gasteiger partial charge in [-0.25, -0.2) is 0 Å². The van der Waals surface area contributed by atoms with Gasteiger partial charge in [0, 0.05) is 62.3 Å². The first kappa shape index (κ1) is 25.5. The van der Waals surface area contributed by atoms with Gasteiger partial charge in [0.2, 0.25) is 5.91 Å². The lowest BCUT2D eigenvalue weighted by Gasteiger charge is -2.34. The third kappa shape index (κ3) is 5.74. The zero-order chi connectivity index (χ0) is 25.9. The number of hydrogen-bond acceptors (Lipinski definition) is 4. The van der Waals surface area contributed by atoms with Gasteiger partial charge in [0.25, 0.3) is 5.91 Å². The molecule has 2 amide bonds. The SMILES string of the molecule is C[C@@H](CN1CCN(C)CC1)NC(=O)C[C@H]1CNC(=O)c2cc(-c3cccc(Cl)c3)c(-c3ccccc3)n21. The van der Waals surface area contributed by atoms with Crippen LogP contribution in [-0.2, 0) is 4.79 Å². The lowest BCUT2D eigenvalue weighted by atomic mass is 10.0. The maximum atomic E-state index is 13.2. The van der Waals surface area contributed by atoms with E-state index in [2.05, 4.69) is 39.0 Å².